The molecule has 1 aliphatic heterocycles. The molecule has 0 atom stereocenters. The van der Waals surface area contributed by atoms with Gasteiger partial charge >= 0.3 is 0 Å². The van der Waals surface area contributed by atoms with Crippen molar-refractivity contribution < 1.29 is 17.9 Å². The van der Waals surface area contributed by atoms with E-state index in [1.54, 1.807) is 37.5 Å². The minimum atomic E-state index is -3.44. The van der Waals surface area contributed by atoms with E-state index in [0.717, 1.165) is 41.8 Å². The molecule has 1 aliphatic rings. The van der Waals surface area contributed by atoms with E-state index < -0.39 is 10.0 Å². The summed E-state index contributed by atoms with van der Waals surface area (Å²) in [5, 5.41) is 3.46. The second-order valence-electron chi connectivity index (χ2n) is 8.84. The number of allylic oxidation sites excluding steroid dienone is 1. The molecule has 172 valence electrons. The Morgan fingerprint density at radius 2 is 1.97 bits per heavy atom. The molecule has 6 nitrogen and oxygen atoms in total. The second-order valence-corrected chi connectivity index (χ2v) is 10.7. The van der Waals surface area contributed by atoms with E-state index in [-0.39, 0.29) is 17.1 Å². The second kappa shape index (κ2) is 9.77. The highest BCUT2D eigenvalue weighted by Crippen LogP contribution is 2.32. The lowest BCUT2D eigenvalue weighted by atomic mass is 9.85. The number of rotatable bonds is 9. The minimum Gasteiger partial charge on any atom is -0.497 e. The summed E-state index contributed by atoms with van der Waals surface area (Å²) in [4.78, 5) is 13.1. The van der Waals surface area contributed by atoms with Crippen LogP contribution in [-0.2, 0) is 16.4 Å². The first-order chi connectivity index (χ1) is 15.1. The van der Waals surface area contributed by atoms with E-state index in [0.29, 0.717) is 17.7 Å². The fourth-order valence-electron chi connectivity index (χ4n) is 3.88. The van der Waals surface area contributed by atoms with Gasteiger partial charge in [-0.2, -0.15) is 0 Å². The number of ketones is 1. The van der Waals surface area contributed by atoms with E-state index in [4.69, 9.17) is 4.74 Å². The maximum atomic E-state index is 13.1. The Bertz CT molecular complexity index is 1120. The van der Waals surface area contributed by atoms with E-state index >= 15 is 0 Å². The van der Waals surface area contributed by atoms with Crippen molar-refractivity contribution in [1.29, 1.82) is 0 Å². The third kappa shape index (κ3) is 6.13. The van der Waals surface area contributed by atoms with E-state index in [1.165, 1.54) is 0 Å². The van der Waals surface area contributed by atoms with Crippen LogP contribution in [0.3, 0.4) is 0 Å². The Hall–Kier alpha value is -2.80. The number of unbranched alkanes of at least 4 members (excludes halogenated alkanes) is 2. The monoisotopic (exact) mass is 456 g/mol. The number of ether oxygens (including phenoxy) is 1. The number of carbonyl (C=O) groups excluding carboxylic acids is 1. The molecule has 2 aromatic rings. The number of anilines is 1. The van der Waals surface area contributed by atoms with Crippen molar-refractivity contribution in [3.8, 4) is 5.75 Å². The summed E-state index contributed by atoms with van der Waals surface area (Å²) in [6, 6.07) is 12.5. The molecular formula is C25H32N2O4S. The van der Waals surface area contributed by atoms with Crippen molar-refractivity contribution in [3.63, 3.8) is 0 Å². The van der Waals surface area contributed by atoms with Gasteiger partial charge in [-0.1, -0.05) is 38.0 Å². The van der Waals surface area contributed by atoms with Crippen molar-refractivity contribution in [3.05, 3.63) is 65.2 Å². The zero-order valence-electron chi connectivity index (χ0n) is 19.2. The molecule has 0 spiro atoms. The van der Waals surface area contributed by atoms with Crippen LogP contribution in [0.2, 0.25) is 0 Å². The maximum absolute atomic E-state index is 13.1. The molecule has 0 radical (unpaired) electrons. The fraction of sp³-hybridized carbons (Fsp3) is 0.400. The average Bonchev–Trinajstić information content (AvgIpc) is 2.72. The first kappa shape index (κ1) is 23.9. The molecule has 0 fully saturated rings. The first-order valence-electron chi connectivity index (χ1n) is 10.9. The minimum absolute atomic E-state index is 0.0701. The van der Waals surface area contributed by atoms with Crippen LogP contribution < -0.4 is 14.8 Å². The largest absolute Gasteiger partial charge is 0.497 e. The molecule has 3 rings (SSSR count). The maximum Gasteiger partial charge on any atom is 0.232 e. The van der Waals surface area contributed by atoms with Crippen LogP contribution in [0, 0.1) is 0 Å². The smallest absolute Gasteiger partial charge is 0.232 e. The number of carbonyl (C=O) groups is 1. The van der Waals surface area contributed by atoms with Gasteiger partial charge in [0.25, 0.3) is 0 Å². The van der Waals surface area contributed by atoms with Crippen LogP contribution in [0.15, 0.2) is 48.5 Å². The lowest BCUT2D eigenvalue weighted by molar-refractivity contribution is 0.104. The molecule has 0 unspecified atom stereocenters. The number of sulfonamides is 1. The lowest BCUT2D eigenvalue weighted by Crippen LogP contribution is -2.43. The van der Waals surface area contributed by atoms with Gasteiger partial charge in [0.2, 0.25) is 10.0 Å². The van der Waals surface area contributed by atoms with Crippen molar-refractivity contribution in [1.82, 2.24) is 5.32 Å². The van der Waals surface area contributed by atoms with Gasteiger partial charge in [0.05, 0.1) is 12.9 Å². The highest BCUT2D eigenvalue weighted by atomic mass is 32.2. The molecule has 32 heavy (non-hydrogen) atoms. The Balaban J connectivity index is 1.86. The first-order valence-corrected chi connectivity index (χ1v) is 12.6. The van der Waals surface area contributed by atoms with E-state index in [2.05, 4.69) is 23.9 Å². The Morgan fingerprint density at radius 3 is 2.69 bits per heavy atom. The van der Waals surface area contributed by atoms with Crippen molar-refractivity contribution >= 4 is 27.2 Å². The SMILES string of the molecule is CCCCCS(=O)(=O)Nc1cccc(C(=O)/C=C2\NC(C)(C)Cc3ccc(OC)cc32)c1. The summed E-state index contributed by atoms with van der Waals surface area (Å²) in [6.45, 7) is 6.21. The highest BCUT2D eigenvalue weighted by Gasteiger charge is 2.28. The number of methoxy groups -OCH3 is 1. The zero-order valence-corrected chi connectivity index (χ0v) is 20.0. The summed E-state index contributed by atoms with van der Waals surface area (Å²) in [5.41, 5.74) is 3.41. The lowest BCUT2D eigenvalue weighted by Gasteiger charge is -2.35. The van der Waals surface area contributed by atoms with Crippen molar-refractivity contribution in [2.75, 3.05) is 17.6 Å². The molecule has 2 aromatic carbocycles. The molecule has 0 saturated carbocycles. The van der Waals surface area contributed by atoms with Gasteiger partial charge in [0.15, 0.2) is 5.78 Å². The molecule has 7 heteroatoms. The number of fused-ring (bicyclic) bond motifs is 1. The van der Waals surface area contributed by atoms with Crippen LogP contribution in [0.5, 0.6) is 5.75 Å². The standard InChI is InChI=1S/C25H32N2O4S/c1-5-6-7-13-32(29,30)27-20-10-8-9-18(14-20)24(28)16-23-22-15-21(31-4)12-11-19(22)17-25(2,3)26-23/h8-12,14-16,26-27H,5-7,13,17H2,1-4H3/b23-16-. The van der Waals surface area contributed by atoms with Crippen LogP contribution in [0.4, 0.5) is 5.69 Å². The molecular weight excluding hydrogens is 424 g/mol. The summed E-state index contributed by atoms with van der Waals surface area (Å²) >= 11 is 0. The van der Waals surface area contributed by atoms with E-state index in [1.807, 2.05) is 25.1 Å². The summed E-state index contributed by atoms with van der Waals surface area (Å²) in [7, 11) is -1.83. The van der Waals surface area contributed by atoms with Crippen LogP contribution in [0.25, 0.3) is 5.70 Å². The van der Waals surface area contributed by atoms with Crippen LogP contribution >= 0.6 is 0 Å². The summed E-state index contributed by atoms with van der Waals surface area (Å²) < 4.78 is 32.6. The third-order valence-corrected chi connectivity index (χ3v) is 6.80. The van der Waals surface area contributed by atoms with Crippen molar-refractivity contribution in [2.24, 2.45) is 0 Å². The normalized spacial score (nSPS) is 16.2. The van der Waals surface area contributed by atoms with Crippen molar-refractivity contribution in [2.45, 2.75) is 52.0 Å². The fourth-order valence-corrected chi connectivity index (χ4v) is 5.05. The van der Waals surface area contributed by atoms with Gasteiger partial charge in [-0.3, -0.25) is 9.52 Å². The number of benzene rings is 2. The number of hydrogen-bond acceptors (Lipinski definition) is 5. The Kier molecular flexibility index (Phi) is 7.29. The predicted octanol–water partition coefficient (Wildman–Crippen LogP) is 4.78. The van der Waals surface area contributed by atoms with Gasteiger partial charge < -0.3 is 10.1 Å². The molecule has 0 aliphatic carbocycles. The number of nitrogens with one attached hydrogen (secondary N) is 2. The summed E-state index contributed by atoms with van der Waals surface area (Å²) in [5.74, 6) is 0.592. The third-order valence-electron chi connectivity index (χ3n) is 5.43. The van der Waals surface area contributed by atoms with Gasteiger partial charge in [-0.05, 0) is 56.5 Å². The van der Waals surface area contributed by atoms with Gasteiger partial charge in [-0.25, -0.2) is 8.42 Å². The predicted molar refractivity (Wildman–Crippen MR) is 130 cm³/mol. The van der Waals surface area contributed by atoms with Gasteiger partial charge in [0, 0.05) is 34.1 Å². The number of hydrogen-bond donors (Lipinski definition) is 2. The molecule has 1 heterocycles. The molecule has 0 bridgehead atoms. The zero-order chi connectivity index (χ0) is 23.4. The Morgan fingerprint density at radius 1 is 1.19 bits per heavy atom. The average molecular weight is 457 g/mol. The quantitative estimate of drug-likeness (QED) is 0.322. The Labute approximate surface area is 191 Å². The van der Waals surface area contributed by atoms with Crippen LogP contribution in [-0.4, -0.2) is 32.6 Å². The molecule has 2 N–H and O–H groups in total. The van der Waals surface area contributed by atoms with Gasteiger partial charge in [-0.15, -0.1) is 0 Å². The molecule has 0 amide bonds. The van der Waals surface area contributed by atoms with E-state index in [9.17, 15) is 13.2 Å². The molecule has 0 saturated heterocycles. The van der Waals surface area contributed by atoms with Crippen LogP contribution in [0.1, 0.15) is 61.5 Å². The highest BCUT2D eigenvalue weighted by molar-refractivity contribution is 7.92. The molecule has 0 aromatic heterocycles. The summed E-state index contributed by atoms with van der Waals surface area (Å²) in [6.07, 6.45) is 4.83. The van der Waals surface area contributed by atoms with Gasteiger partial charge in [0.1, 0.15) is 5.75 Å². The topological polar surface area (TPSA) is 84.5 Å².